The Morgan fingerprint density at radius 1 is 1.53 bits per heavy atom. The molecule has 1 atom stereocenters. The molecule has 0 aliphatic rings. The van der Waals surface area contributed by atoms with Crippen LogP contribution >= 0.6 is 0 Å². The van der Waals surface area contributed by atoms with Crippen molar-refractivity contribution in [1.82, 2.24) is 4.98 Å². The molecule has 0 radical (unpaired) electrons. The second-order valence-corrected chi connectivity index (χ2v) is 3.92. The zero-order valence-corrected chi connectivity index (χ0v) is 9.66. The lowest BCUT2D eigenvalue weighted by Gasteiger charge is -2.15. The molecule has 3 nitrogen and oxygen atoms in total. The Balaban J connectivity index is 2.41. The predicted octanol–water partition coefficient (Wildman–Crippen LogP) is 2.18. The molecule has 0 saturated carbocycles. The molecule has 0 spiro atoms. The molecule has 1 aromatic rings. The van der Waals surface area contributed by atoms with Crippen molar-refractivity contribution in [3.05, 3.63) is 24.0 Å². The molecule has 1 aromatic heterocycles. The van der Waals surface area contributed by atoms with Crippen LogP contribution in [0.4, 0.5) is 5.69 Å². The fraction of sp³-hybridized carbons (Fsp3) is 0.583. The van der Waals surface area contributed by atoms with Gasteiger partial charge >= 0.3 is 0 Å². The average molecular weight is 207 g/mol. The van der Waals surface area contributed by atoms with E-state index in [-0.39, 0.29) is 0 Å². The molecule has 0 aromatic carbocycles. The summed E-state index contributed by atoms with van der Waals surface area (Å²) in [6.45, 7) is 5.98. The molecule has 0 bridgehead atoms. The fourth-order valence-corrected chi connectivity index (χ4v) is 1.60. The summed E-state index contributed by atoms with van der Waals surface area (Å²) in [6, 6.07) is 4.07. The van der Waals surface area contributed by atoms with E-state index in [0.29, 0.717) is 5.92 Å². The predicted molar refractivity (Wildman–Crippen MR) is 64.9 cm³/mol. The van der Waals surface area contributed by atoms with Crippen LogP contribution in [-0.2, 0) is 0 Å². The minimum absolute atomic E-state index is 0.670. The van der Waals surface area contributed by atoms with E-state index in [4.69, 9.17) is 5.73 Å². The number of pyridine rings is 1. The van der Waals surface area contributed by atoms with Crippen LogP contribution in [0.15, 0.2) is 18.3 Å². The molecule has 1 heterocycles. The fourth-order valence-electron chi connectivity index (χ4n) is 1.60. The normalized spacial score (nSPS) is 12.5. The number of aryl methyl sites for hydroxylation is 1. The first-order chi connectivity index (χ1) is 7.26. The van der Waals surface area contributed by atoms with Gasteiger partial charge in [0.1, 0.15) is 0 Å². The van der Waals surface area contributed by atoms with Crippen molar-refractivity contribution >= 4 is 5.69 Å². The van der Waals surface area contributed by atoms with E-state index in [1.54, 1.807) is 0 Å². The van der Waals surface area contributed by atoms with Crippen molar-refractivity contribution in [1.29, 1.82) is 0 Å². The maximum absolute atomic E-state index is 5.56. The quantitative estimate of drug-likeness (QED) is 0.751. The Hall–Kier alpha value is -1.09. The lowest BCUT2D eigenvalue weighted by molar-refractivity contribution is 0.501. The van der Waals surface area contributed by atoms with Gasteiger partial charge in [-0.3, -0.25) is 4.98 Å². The third-order valence-electron chi connectivity index (χ3n) is 2.64. The van der Waals surface area contributed by atoms with Gasteiger partial charge in [0.25, 0.3) is 0 Å². The van der Waals surface area contributed by atoms with Crippen molar-refractivity contribution in [3.8, 4) is 0 Å². The third kappa shape index (κ3) is 4.30. The van der Waals surface area contributed by atoms with Crippen LogP contribution in [0.25, 0.3) is 0 Å². The molecule has 0 saturated heterocycles. The molecular formula is C12H21N3. The lowest BCUT2D eigenvalue weighted by atomic mass is 10.0. The molecule has 3 N–H and O–H groups in total. The van der Waals surface area contributed by atoms with Gasteiger partial charge in [-0.25, -0.2) is 0 Å². The summed E-state index contributed by atoms with van der Waals surface area (Å²) < 4.78 is 0. The molecule has 3 heteroatoms. The topological polar surface area (TPSA) is 50.9 Å². The Morgan fingerprint density at radius 3 is 2.93 bits per heavy atom. The highest BCUT2D eigenvalue weighted by Gasteiger charge is 2.04. The summed E-state index contributed by atoms with van der Waals surface area (Å²) in [7, 11) is 0. The maximum atomic E-state index is 5.56. The van der Waals surface area contributed by atoms with Gasteiger partial charge in [0, 0.05) is 24.1 Å². The van der Waals surface area contributed by atoms with Gasteiger partial charge in [-0.15, -0.1) is 0 Å². The van der Waals surface area contributed by atoms with Crippen molar-refractivity contribution in [2.24, 2.45) is 11.7 Å². The average Bonchev–Trinajstić information content (AvgIpc) is 2.24. The van der Waals surface area contributed by atoms with Crippen LogP contribution in [-0.4, -0.2) is 18.1 Å². The second-order valence-electron chi connectivity index (χ2n) is 3.92. The third-order valence-corrected chi connectivity index (χ3v) is 2.64. The highest BCUT2D eigenvalue weighted by molar-refractivity contribution is 5.42. The Morgan fingerprint density at radius 2 is 2.33 bits per heavy atom. The summed E-state index contributed by atoms with van der Waals surface area (Å²) >= 11 is 0. The molecule has 0 aliphatic heterocycles. The van der Waals surface area contributed by atoms with Crippen LogP contribution in [0.1, 0.15) is 25.5 Å². The molecule has 0 fully saturated rings. The monoisotopic (exact) mass is 207 g/mol. The number of nitrogens with one attached hydrogen (secondary N) is 1. The number of aromatic nitrogens is 1. The highest BCUT2D eigenvalue weighted by Crippen LogP contribution is 2.11. The van der Waals surface area contributed by atoms with Gasteiger partial charge in [-0.1, -0.05) is 13.3 Å². The zero-order chi connectivity index (χ0) is 11.1. The summed E-state index contributed by atoms with van der Waals surface area (Å²) in [5.41, 5.74) is 7.76. The number of rotatable bonds is 6. The SMILES string of the molecule is CCC(CCN)CNc1ccnc(C)c1. The minimum atomic E-state index is 0.670. The van der Waals surface area contributed by atoms with E-state index in [9.17, 15) is 0 Å². The molecule has 1 unspecified atom stereocenters. The zero-order valence-electron chi connectivity index (χ0n) is 9.66. The van der Waals surface area contributed by atoms with E-state index < -0.39 is 0 Å². The van der Waals surface area contributed by atoms with Gasteiger partial charge in [-0.2, -0.15) is 0 Å². The number of anilines is 1. The molecule has 84 valence electrons. The van der Waals surface area contributed by atoms with Gasteiger partial charge in [0.05, 0.1) is 0 Å². The Bertz CT molecular complexity index is 286. The van der Waals surface area contributed by atoms with Crippen LogP contribution in [0, 0.1) is 12.8 Å². The summed E-state index contributed by atoms with van der Waals surface area (Å²) in [4.78, 5) is 4.16. The van der Waals surface area contributed by atoms with Gasteiger partial charge in [-0.05, 0) is 37.9 Å². The van der Waals surface area contributed by atoms with Crippen LogP contribution in [0.3, 0.4) is 0 Å². The number of nitrogens with zero attached hydrogens (tertiary/aromatic N) is 1. The molecule has 15 heavy (non-hydrogen) atoms. The Labute approximate surface area is 92.1 Å². The largest absolute Gasteiger partial charge is 0.385 e. The summed E-state index contributed by atoms with van der Waals surface area (Å²) in [6.07, 6.45) is 4.10. The van der Waals surface area contributed by atoms with Gasteiger partial charge in [0.2, 0.25) is 0 Å². The summed E-state index contributed by atoms with van der Waals surface area (Å²) in [5.74, 6) is 0.670. The number of hydrogen-bond donors (Lipinski definition) is 2. The van der Waals surface area contributed by atoms with E-state index in [1.807, 2.05) is 19.2 Å². The highest BCUT2D eigenvalue weighted by atomic mass is 14.9. The molecule has 0 aliphatic carbocycles. The first kappa shape index (κ1) is 12.0. The van der Waals surface area contributed by atoms with Crippen molar-refractivity contribution in [2.45, 2.75) is 26.7 Å². The lowest BCUT2D eigenvalue weighted by Crippen LogP contribution is -2.17. The van der Waals surface area contributed by atoms with Gasteiger partial charge in [0.15, 0.2) is 0 Å². The minimum Gasteiger partial charge on any atom is -0.385 e. The Kier molecular flexibility index (Phi) is 5.12. The summed E-state index contributed by atoms with van der Waals surface area (Å²) in [5, 5.41) is 3.43. The molecule has 0 amide bonds. The van der Waals surface area contributed by atoms with E-state index in [0.717, 1.165) is 30.9 Å². The molecule has 1 rings (SSSR count). The van der Waals surface area contributed by atoms with E-state index in [1.165, 1.54) is 6.42 Å². The van der Waals surface area contributed by atoms with Crippen molar-refractivity contribution in [3.63, 3.8) is 0 Å². The number of hydrogen-bond acceptors (Lipinski definition) is 3. The van der Waals surface area contributed by atoms with Gasteiger partial charge < -0.3 is 11.1 Å². The molecular weight excluding hydrogens is 186 g/mol. The first-order valence-electron chi connectivity index (χ1n) is 5.62. The first-order valence-corrected chi connectivity index (χ1v) is 5.62. The van der Waals surface area contributed by atoms with Crippen LogP contribution in [0.5, 0.6) is 0 Å². The smallest absolute Gasteiger partial charge is 0.0393 e. The van der Waals surface area contributed by atoms with Crippen LogP contribution in [0.2, 0.25) is 0 Å². The van der Waals surface area contributed by atoms with Crippen LogP contribution < -0.4 is 11.1 Å². The standard InChI is InChI=1S/C12H21N3/c1-3-11(4-6-13)9-15-12-5-7-14-10(2)8-12/h5,7-8,11H,3-4,6,9,13H2,1-2H3,(H,14,15). The van der Waals surface area contributed by atoms with Crippen molar-refractivity contribution in [2.75, 3.05) is 18.4 Å². The second kappa shape index (κ2) is 6.40. The van der Waals surface area contributed by atoms with E-state index >= 15 is 0 Å². The maximum Gasteiger partial charge on any atom is 0.0393 e. The van der Waals surface area contributed by atoms with E-state index in [2.05, 4.69) is 23.3 Å². The number of nitrogens with two attached hydrogens (primary N) is 1. The van der Waals surface area contributed by atoms with Crippen molar-refractivity contribution < 1.29 is 0 Å².